The van der Waals surface area contributed by atoms with Crippen molar-refractivity contribution >= 4 is 18.5 Å². The number of carbonyl (C=O) groups is 1. The van der Waals surface area contributed by atoms with Crippen molar-refractivity contribution in [1.29, 1.82) is 0 Å². The Morgan fingerprint density at radius 2 is 1.77 bits per heavy atom. The molecule has 0 aromatic carbocycles. The van der Waals surface area contributed by atoms with Crippen LogP contribution in [0.4, 0.5) is 0 Å². The van der Waals surface area contributed by atoms with E-state index in [9.17, 15) is 4.79 Å². The molecule has 4 heteroatoms. The molecule has 1 unspecified atom stereocenters. The normalized spacial score (nSPS) is 13.5. The molecule has 0 saturated carbocycles. The molecule has 0 rings (SSSR count). The van der Waals surface area contributed by atoms with E-state index >= 15 is 0 Å². The topological polar surface area (TPSA) is 41.1 Å². The van der Waals surface area contributed by atoms with Crippen LogP contribution in [0.3, 0.4) is 0 Å². The fourth-order valence-corrected chi connectivity index (χ4v) is 1.27. The van der Waals surface area contributed by atoms with Crippen LogP contribution in [0.1, 0.15) is 27.7 Å². The van der Waals surface area contributed by atoms with Gasteiger partial charge in [-0.15, -0.1) is 0 Å². The number of hydrogen-bond acceptors (Lipinski definition) is 3. The summed E-state index contributed by atoms with van der Waals surface area (Å²) in [6.07, 6.45) is 0. The van der Waals surface area contributed by atoms with Crippen LogP contribution < -0.4 is 10.6 Å². The second kappa shape index (κ2) is 6.27. The van der Waals surface area contributed by atoms with E-state index in [0.717, 1.165) is 0 Å². The summed E-state index contributed by atoms with van der Waals surface area (Å²) in [5.41, 5.74) is 0. The molecule has 0 fully saturated rings. The lowest BCUT2D eigenvalue weighted by molar-refractivity contribution is -0.123. The lowest BCUT2D eigenvalue weighted by atomic mass is 10.2. The molecule has 0 heterocycles. The Bertz CT molecular complexity index is 160. The molecular weight excluding hydrogens is 184 g/mol. The van der Waals surface area contributed by atoms with Crippen LogP contribution in [0.5, 0.6) is 0 Å². The van der Waals surface area contributed by atoms with Gasteiger partial charge in [0, 0.05) is 17.8 Å². The van der Waals surface area contributed by atoms with E-state index in [1.54, 1.807) is 0 Å². The summed E-state index contributed by atoms with van der Waals surface area (Å²) in [6, 6.07) is 0.296. The fourth-order valence-electron chi connectivity index (χ4n) is 0.999. The number of nitrogens with one attached hydrogen (secondary N) is 2. The first-order chi connectivity index (χ1) is 5.97. The van der Waals surface area contributed by atoms with E-state index in [2.05, 4.69) is 23.3 Å². The molecule has 78 valence electrons. The zero-order valence-electron chi connectivity index (χ0n) is 8.79. The first-order valence-corrected chi connectivity index (χ1v) is 5.28. The summed E-state index contributed by atoms with van der Waals surface area (Å²) in [4.78, 5) is 11.5. The van der Waals surface area contributed by atoms with Crippen LogP contribution in [0, 0.1) is 0 Å². The molecule has 0 aliphatic rings. The zero-order chi connectivity index (χ0) is 10.4. The Morgan fingerprint density at radius 3 is 2.08 bits per heavy atom. The van der Waals surface area contributed by atoms with Crippen molar-refractivity contribution in [1.82, 2.24) is 10.6 Å². The molecule has 0 aromatic heterocycles. The summed E-state index contributed by atoms with van der Waals surface area (Å²) in [6.45, 7) is 7.92. The average molecular weight is 204 g/mol. The minimum atomic E-state index is -0.189. The summed E-state index contributed by atoms with van der Waals surface area (Å²) < 4.78 is 0. The molecule has 2 N–H and O–H groups in total. The summed E-state index contributed by atoms with van der Waals surface area (Å²) in [5, 5.41) is 6.00. The quantitative estimate of drug-likeness (QED) is 0.580. The van der Waals surface area contributed by atoms with E-state index in [1.807, 2.05) is 27.7 Å². The maximum absolute atomic E-state index is 11.5. The van der Waals surface area contributed by atoms with Crippen molar-refractivity contribution in [2.45, 2.75) is 45.8 Å². The number of rotatable bonds is 5. The average Bonchev–Trinajstić information content (AvgIpc) is 1.98. The van der Waals surface area contributed by atoms with Gasteiger partial charge in [0.1, 0.15) is 0 Å². The van der Waals surface area contributed by atoms with Gasteiger partial charge in [-0.2, -0.15) is 12.6 Å². The highest BCUT2D eigenvalue weighted by atomic mass is 32.1. The number of thiol groups is 1. The van der Waals surface area contributed by atoms with Gasteiger partial charge >= 0.3 is 0 Å². The fraction of sp³-hybridized carbons (Fsp3) is 0.889. The van der Waals surface area contributed by atoms with E-state index in [0.29, 0.717) is 11.8 Å². The largest absolute Gasteiger partial charge is 0.353 e. The Balaban J connectivity index is 3.99. The van der Waals surface area contributed by atoms with Crippen molar-refractivity contribution < 1.29 is 4.79 Å². The van der Waals surface area contributed by atoms with Crippen LogP contribution in [0.25, 0.3) is 0 Å². The zero-order valence-corrected chi connectivity index (χ0v) is 9.69. The van der Waals surface area contributed by atoms with Gasteiger partial charge in [0.2, 0.25) is 5.91 Å². The van der Waals surface area contributed by atoms with E-state index in [1.165, 1.54) is 0 Å². The number of amides is 1. The minimum Gasteiger partial charge on any atom is -0.353 e. The third-order valence-electron chi connectivity index (χ3n) is 1.46. The van der Waals surface area contributed by atoms with Gasteiger partial charge < -0.3 is 10.6 Å². The predicted molar refractivity (Wildman–Crippen MR) is 59.2 cm³/mol. The van der Waals surface area contributed by atoms with Crippen LogP contribution in [0.15, 0.2) is 0 Å². The van der Waals surface area contributed by atoms with Gasteiger partial charge in [-0.25, -0.2) is 0 Å². The third-order valence-corrected chi connectivity index (χ3v) is 1.83. The molecule has 0 aromatic rings. The molecule has 0 aliphatic heterocycles. The van der Waals surface area contributed by atoms with Gasteiger partial charge in [0.15, 0.2) is 0 Å². The van der Waals surface area contributed by atoms with Gasteiger partial charge in [0.25, 0.3) is 0 Å². The van der Waals surface area contributed by atoms with Gasteiger partial charge in [0.05, 0.1) is 6.04 Å². The van der Waals surface area contributed by atoms with Crippen molar-refractivity contribution in [2.75, 3.05) is 5.75 Å². The van der Waals surface area contributed by atoms with Gasteiger partial charge in [-0.1, -0.05) is 13.8 Å². The Morgan fingerprint density at radius 1 is 1.23 bits per heavy atom. The maximum Gasteiger partial charge on any atom is 0.238 e. The molecule has 1 amide bonds. The SMILES string of the molecule is CC(C)NC(=O)C(CS)NC(C)C. The highest BCUT2D eigenvalue weighted by Gasteiger charge is 2.17. The smallest absolute Gasteiger partial charge is 0.238 e. The molecule has 0 radical (unpaired) electrons. The standard InChI is InChI=1S/C9H20N2OS/c1-6(2)10-8(5-13)9(12)11-7(3)4/h6-8,10,13H,5H2,1-4H3,(H,11,12). The van der Waals surface area contributed by atoms with Gasteiger partial charge in [-0.05, 0) is 13.8 Å². The number of carbonyl (C=O) groups excluding carboxylic acids is 1. The monoisotopic (exact) mass is 204 g/mol. The summed E-state index contributed by atoms with van der Waals surface area (Å²) in [7, 11) is 0. The molecule has 1 atom stereocenters. The lowest BCUT2D eigenvalue weighted by Crippen LogP contribution is -2.49. The predicted octanol–water partition coefficient (Wildman–Crippen LogP) is 0.807. The Labute approximate surface area is 86.1 Å². The van der Waals surface area contributed by atoms with E-state index in [4.69, 9.17) is 0 Å². The molecule has 3 nitrogen and oxygen atoms in total. The van der Waals surface area contributed by atoms with E-state index < -0.39 is 0 Å². The van der Waals surface area contributed by atoms with Crippen LogP contribution in [0.2, 0.25) is 0 Å². The van der Waals surface area contributed by atoms with Crippen molar-refractivity contribution in [2.24, 2.45) is 0 Å². The lowest BCUT2D eigenvalue weighted by Gasteiger charge is -2.20. The summed E-state index contributed by atoms with van der Waals surface area (Å²) in [5.74, 6) is 0.551. The Hall–Kier alpha value is -0.220. The van der Waals surface area contributed by atoms with Crippen molar-refractivity contribution in [3.05, 3.63) is 0 Å². The molecule has 0 spiro atoms. The minimum absolute atomic E-state index is 0.0266. The molecule has 0 saturated heterocycles. The van der Waals surface area contributed by atoms with Gasteiger partial charge in [-0.3, -0.25) is 4.79 Å². The first kappa shape index (κ1) is 12.8. The highest BCUT2D eigenvalue weighted by molar-refractivity contribution is 7.80. The molecular formula is C9H20N2OS. The Kier molecular flexibility index (Phi) is 6.16. The number of hydrogen-bond donors (Lipinski definition) is 3. The first-order valence-electron chi connectivity index (χ1n) is 4.64. The second-order valence-corrected chi connectivity index (χ2v) is 4.08. The molecule has 13 heavy (non-hydrogen) atoms. The third kappa shape index (κ3) is 5.93. The molecule has 0 aliphatic carbocycles. The van der Waals surface area contributed by atoms with Crippen LogP contribution in [-0.2, 0) is 4.79 Å². The van der Waals surface area contributed by atoms with Crippen LogP contribution in [-0.4, -0.2) is 29.8 Å². The maximum atomic E-state index is 11.5. The highest BCUT2D eigenvalue weighted by Crippen LogP contribution is 1.92. The molecule has 0 bridgehead atoms. The van der Waals surface area contributed by atoms with Crippen molar-refractivity contribution in [3.8, 4) is 0 Å². The van der Waals surface area contributed by atoms with Crippen molar-refractivity contribution in [3.63, 3.8) is 0 Å². The van der Waals surface area contributed by atoms with E-state index in [-0.39, 0.29) is 18.0 Å². The second-order valence-electron chi connectivity index (χ2n) is 3.72. The summed E-state index contributed by atoms with van der Waals surface area (Å²) >= 11 is 4.13. The van der Waals surface area contributed by atoms with Crippen LogP contribution >= 0.6 is 12.6 Å².